The molecular weight excluding hydrogens is 290 g/mol. The Hall–Kier alpha value is -2.28. The number of carbonyl (C=O) groups is 2. The van der Waals surface area contributed by atoms with Crippen LogP contribution in [0.1, 0.15) is 23.2 Å². The van der Waals surface area contributed by atoms with Gasteiger partial charge in [0.05, 0.1) is 38.0 Å². The van der Waals surface area contributed by atoms with Gasteiger partial charge in [0, 0.05) is 6.61 Å². The highest BCUT2D eigenvalue weighted by atomic mass is 16.5. The summed E-state index contributed by atoms with van der Waals surface area (Å²) in [4.78, 5) is 23.5. The minimum Gasteiger partial charge on any atom is -0.493 e. The Morgan fingerprint density at radius 3 is 2.64 bits per heavy atom. The number of ether oxygens (including phenoxy) is 3. The summed E-state index contributed by atoms with van der Waals surface area (Å²) in [7, 11) is 2.84. The predicted octanol–water partition coefficient (Wildman–Crippen LogP) is 1.77. The zero-order chi connectivity index (χ0) is 16.1. The molecule has 1 aromatic rings. The van der Waals surface area contributed by atoms with Crippen molar-refractivity contribution in [2.75, 3.05) is 32.8 Å². The molecule has 1 saturated heterocycles. The number of carboxylic acid groups (broad SMARTS) is 1. The lowest BCUT2D eigenvalue weighted by molar-refractivity contribution is -0.123. The molecule has 2 rings (SSSR count). The number of rotatable bonds is 5. The first-order valence-corrected chi connectivity index (χ1v) is 6.94. The summed E-state index contributed by atoms with van der Waals surface area (Å²) >= 11 is 0. The lowest BCUT2D eigenvalue weighted by Gasteiger charge is -2.22. The monoisotopic (exact) mass is 309 g/mol. The summed E-state index contributed by atoms with van der Waals surface area (Å²) in [5.41, 5.74) is 0.280. The van der Waals surface area contributed by atoms with Crippen LogP contribution in [0.4, 0.5) is 5.69 Å². The number of aromatic carboxylic acids is 1. The molecule has 1 heterocycles. The van der Waals surface area contributed by atoms with Crippen LogP contribution in [0, 0.1) is 5.92 Å². The lowest BCUT2D eigenvalue weighted by atomic mass is 10.0. The van der Waals surface area contributed by atoms with Crippen molar-refractivity contribution in [3.05, 3.63) is 17.7 Å². The molecule has 7 heteroatoms. The van der Waals surface area contributed by atoms with E-state index in [-0.39, 0.29) is 34.6 Å². The number of hydrogen-bond donors (Lipinski definition) is 2. The minimum atomic E-state index is -1.11. The van der Waals surface area contributed by atoms with Crippen LogP contribution in [-0.2, 0) is 9.53 Å². The maximum Gasteiger partial charge on any atom is 0.335 e. The highest BCUT2D eigenvalue weighted by molar-refractivity contribution is 5.97. The molecule has 0 aliphatic carbocycles. The summed E-state index contributed by atoms with van der Waals surface area (Å²) in [6, 6.07) is 2.70. The molecule has 1 aliphatic heterocycles. The van der Waals surface area contributed by atoms with Gasteiger partial charge in [0.1, 0.15) is 0 Å². The number of methoxy groups -OCH3 is 2. The molecular formula is C15H19NO6. The van der Waals surface area contributed by atoms with Crippen molar-refractivity contribution >= 4 is 17.6 Å². The van der Waals surface area contributed by atoms with Crippen molar-refractivity contribution in [1.82, 2.24) is 0 Å². The maximum absolute atomic E-state index is 12.3. The van der Waals surface area contributed by atoms with E-state index in [0.717, 1.165) is 12.8 Å². The highest BCUT2D eigenvalue weighted by Gasteiger charge is 2.24. The van der Waals surface area contributed by atoms with E-state index in [9.17, 15) is 9.59 Å². The maximum atomic E-state index is 12.3. The van der Waals surface area contributed by atoms with Gasteiger partial charge in [-0.05, 0) is 25.0 Å². The normalized spacial score (nSPS) is 17.6. The smallest absolute Gasteiger partial charge is 0.335 e. The van der Waals surface area contributed by atoms with E-state index >= 15 is 0 Å². The van der Waals surface area contributed by atoms with Gasteiger partial charge in [-0.15, -0.1) is 0 Å². The van der Waals surface area contributed by atoms with Crippen LogP contribution in [0.15, 0.2) is 12.1 Å². The van der Waals surface area contributed by atoms with Gasteiger partial charge < -0.3 is 24.6 Å². The zero-order valence-corrected chi connectivity index (χ0v) is 12.5. The van der Waals surface area contributed by atoms with Crippen molar-refractivity contribution in [3.63, 3.8) is 0 Å². The topological polar surface area (TPSA) is 94.1 Å². The Labute approximate surface area is 128 Å². The molecule has 1 aliphatic rings. The molecule has 1 aromatic carbocycles. The van der Waals surface area contributed by atoms with Gasteiger partial charge in [-0.3, -0.25) is 4.79 Å². The van der Waals surface area contributed by atoms with E-state index in [2.05, 4.69) is 5.32 Å². The van der Waals surface area contributed by atoms with Crippen molar-refractivity contribution in [2.45, 2.75) is 12.8 Å². The summed E-state index contributed by atoms with van der Waals surface area (Å²) in [6.07, 6.45) is 1.57. The molecule has 120 valence electrons. The van der Waals surface area contributed by atoms with Crippen molar-refractivity contribution in [1.29, 1.82) is 0 Å². The summed E-state index contributed by atoms with van der Waals surface area (Å²) in [5.74, 6) is -1.05. The molecule has 0 saturated carbocycles. The SMILES string of the molecule is COc1cc(C(=O)O)cc(NC(=O)C2CCCOC2)c1OC. The van der Waals surface area contributed by atoms with Crippen molar-refractivity contribution in [2.24, 2.45) is 5.92 Å². The number of amides is 1. The quantitative estimate of drug-likeness (QED) is 0.861. The van der Waals surface area contributed by atoms with Crippen LogP contribution in [0.2, 0.25) is 0 Å². The van der Waals surface area contributed by atoms with Gasteiger partial charge in [0.15, 0.2) is 11.5 Å². The van der Waals surface area contributed by atoms with E-state index < -0.39 is 5.97 Å². The van der Waals surface area contributed by atoms with Gasteiger partial charge in [-0.25, -0.2) is 4.79 Å². The average molecular weight is 309 g/mol. The van der Waals surface area contributed by atoms with Crippen LogP contribution in [-0.4, -0.2) is 44.4 Å². The van der Waals surface area contributed by atoms with E-state index in [1.54, 1.807) is 0 Å². The van der Waals surface area contributed by atoms with Crippen molar-refractivity contribution in [3.8, 4) is 11.5 Å². The minimum absolute atomic E-state index is 0.00726. The van der Waals surface area contributed by atoms with E-state index in [4.69, 9.17) is 19.3 Å². The summed E-state index contributed by atoms with van der Waals surface area (Å²) in [6.45, 7) is 1.03. The number of benzene rings is 1. The first-order valence-electron chi connectivity index (χ1n) is 6.94. The van der Waals surface area contributed by atoms with Gasteiger partial charge in [-0.1, -0.05) is 0 Å². The van der Waals surface area contributed by atoms with Crippen LogP contribution in [0.25, 0.3) is 0 Å². The van der Waals surface area contributed by atoms with Gasteiger partial charge >= 0.3 is 5.97 Å². The molecule has 7 nitrogen and oxygen atoms in total. The fourth-order valence-corrected chi connectivity index (χ4v) is 2.36. The third-order valence-corrected chi connectivity index (χ3v) is 3.51. The predicted molar refractivity (Wildman–Crippen MR) is 78.7 cm³/mol. The van der Waals surface area contributed by atoms with Crippen LogP contribution < -0.4 is 14.8 Å². The largest absolute Gasteiger partial charge is 0.493 e. The second-order valence-corrected chi connectivity index (χ2v) is 4.97. The number of carbonyl (C=O) groups excluding carboxylic acids is 1. The van der Waals surface area contributed by atoms with E-state index in [1.165, 1.54) is 26.4 Å². The summed E-state index contributed by atoms with van der Waals surface area (Å²) in [5, 5.41) is 11.9. The van der Waals surface area contributed by atoms with Crippen molar-refractivity contribution < 1.29 is 28.9 Å². The van der Waals surface area contributed by atoms with Crippen LogP contribution in [0.5, 0.6) is 11.5 Å². The molecule has 0 bridgehead atoms. The average Bonchev–Trinajstić information content (AvgIpc) is 2.54. The Balaban J connectivity index is 2.29. The number of hydrogen-bond acceptors (Lipinski definition) is 5. The standard InChI is InChI=1S/C15H19NO6/c1-20-12-7-10(15(18)19)6-11(13(12)21-2)16-14(17)9-4-3-5-22-8-9/h6-7,9H,3-5,8H2,1-2H3,(H,16,17)(H,18,19). The third kappa shape index (κ3) is 3.48. The van der Waals surface area contributed by atoms with Gasteiger partial charge in [0.2, 0.25) is 5.91 Å². The molecule has 22 heavy (non-hydrogen) atoms. The fraction of sp³-hybridized carbons (Fsp3) is 0.467. The fourth-order valence-electron chi connectivity index (χ4n) is 2.36. The number of carboxylic acids is 1. The lowest BCUT2D eigenvalue weighted by Crippen LogP contribution is -2.30. The third-order valence-electron chi connectivity index (χ3n) is 3.51. The molecule has 0 radical (unpaired) electrons. The number of anilines is 1. The first kappa shape index (κ1) is 16.1. The Bertz CT molecular complexity index is 565. The summed E-state index contributed by atoms with van der Waals surface area (Å²) < 4.78 is 15.7. The van der Waals surface area contributed by atoms with E-state index in [0.29, 0.717) is 13.2 Å². The Morgan fingerprint density at radius 2 is 2.09 bits per heavy atom. The van der Waals surface area contributed by atoms with Crippen LogP contribution in [0.3, 0.4) is 0 Å². The molecule has 2 N–H and O–H groups in total. The van der Waals surface area contributed by atoms with Crippen LogP contribution >= 0.6 is 0 Å². The highest BCUT2D eigenvalue weighted by Crippen LogP contribution is 2.37. The molecule has 1 fully saturated rings. The second kappa shape index (κ2) is 7.13. The Morgan fingerprint density at radius 1 is 1.32 bits per heavy atom. The molecule has 0 aromatic heterocycles. The molecule has 0 spiro atoms. The molecule has 1 atom stereocenters. The molecule has 1 unspecified atom stereocenters. The zero-order valence-electron chi connectivity index (χ0n) is 12.5. The Kier molecular flexibility index (Phi) is 5.21. The second-order valence-electron chi connectivity index (χ2n) is 4.97. The number of nitrogens with one attached hydrogen (secondary N) is 1. The first-order chi connectivity index (χ1) is 10.6. The van der Waals surface area contributed by atoms with Gasteiger partial charge in [0.25, 0.3) is 0 Å². The molecule has 1 amide bonds. The van der Waals surface area contributed by atoms with Gasteiger partial charge in [-0.2, -0.15) is 0 Å². The van der Waals surface area contributed by atoms with E-state index in [1.807, 2.05) is 0 Å².